The number of amides is 2. The summed E-state index contributed by atoms with van der Waals surface area (Å²) in [6.45, 7) is 3.20. The first-order valence-electron chi connectivity index (χ1n) is 13.3. The minimum Gasteiger partial charge on any atom is -0.307 e. The van der Waals surface area contributed by atoms with Crippen LogP contribution in [0, 0.1) is 11.5 Å². The molecule has 2 amide bonds. The van der Waals surface area contributed by atoms with E-state index >= 15 is 0 Å². The molecule has 1 aliphatic heterocycles. The van der Waals surface area contributed by atoms with E-state index in [-0.39, 0.29) is 5.54 Å². The standard InChI is InChI=1S/C27H37N5O2S/c1-27(14-7-16-32(27)22-10-3-2-4-11-22)15-17-35(34,29-19-28)31-26(33)30-25-23-12-5-8-20(23)18-21-9-6-13-24(21)25/h15,17-18,22H,2-14,16H2,1H3,(H2,29,30,31,33,34)/b17-15+/t27-,35?/m0/s1. The fourth-order valence-corrected chi connectivity index (χ4v) is 7.89. The summed E-state index contributed by atoms with van der Waals surface area (Å²) >= 11 is 0. The van der Waals surface area contributed by atoms with Crippen LogP contribution in [0.3, 0.4) is 0 Å². The van der Waals surface area contributed by atoms with Gasteiger partial charge in [0.05, 0.1) is 0 Å². The van der Waals surface area contributed by atoms with E-state index < -0.39 is 15.9 Å². The Labute approximate surface area is 209 Å². The molecule has 188 valence electrons. The fraction of sp³-hybridized carbons (Fsp3) is 0.630. The molecule has 2 atom stereocenters. The number of hydrogen-bond donors (Lipinski definition) is 2. The first kappa shape index (κ1) is 24.3. The summed E-state index contributed by atoms with van der Waals surface area (Å²) in [5.41, 5.74) is 5.71. The molecule has 1 heterocycles. The number of benzene rings is 1. The van der Waals surface area contributed by atoms with Crippen molar-refractivity contribution in [1.82, 2.24) is 9.62 Å². The zero-order valence-corrected chi connectivity index (χ0v) is 21.6. The molecule has 0 bridgehead atoms. The van der Waals surface area contributed by atoms with Crippen LogP contribution in [0.25, 0.3) is 0 Å². The van der Waals surface area contributed by atoms with Gasteiger partial charge < -0.3 is 5.32 Å². The summed E-state index contributed by atoms with van der Waals surface area (Å²) in [6, 6.07) is 2.29. The number of hydrogen-bond acceptors (Lipinski definition) is 5. The summed E-state index contributed by atoms with van der Waals surface area (Å²) in [4.78, 5) is 15.6. The van der Waals surface area contributed by atoms with E-state index in [1.165, 1.54) is 59.8 Å². The van der Waals surface area contributed by atoms with Crippen LogP contribution in [0.1, 0.15) is 87.0 Å². The topological polar surface area (TPSA) is 97.6 Å². The number of aryl methyl sites for hydroxylation is 2. The van der Waals surface area contributed by atoms with Gasteiger partial charge in [-0.15, -0.1) is 0 Å². The maximum absolute atomic E-state index is 13.6. The SMILES string of the molecule is C[C@@]1(/C=C/S(=O)(=NC#N)NC(=O)Nc2c3c(cc4c2CCC4)CCC3)CCCN1C1CCCCC1. The lowest BCUT2D eigenvalue weighted by Gasteiger charge is -2.41. The third-order valence-electron chi connectivity index (χ3n) is 8.49. The maximum atomic E-state index is 13.6. The molecular weight excluding hydrogens is 458 g/mol. The lowest BCUT2D eigenvalue weighted by atomic mass is 9.90. The molecule has 4 aliphatic rings. The molecule has 7 nitrogen and oxygen atoms in total. The molecule has 1 unspecified atom stereocenters. The smallest absolute Gasteiger partial charge is 0.307 e. The summed E-state index contributed by atoms with van der Waals surface area (Å²) in [5, 5.41) is 13.7. The molecule has 1 saturated heterocycles. The highest BCUT2D eigenvalue weighted by atomic mass is 32.2. The molecular formula is C27H37N5O2S. The van der Waals surface area contributed by atoms with Crippen LogP contribution in [-0.4, -0.2) is 33.3 Å². The molecule has 0 aromatic heterocycles. The van der Waals surface area contributed by atoms with Crippen molar-refractivity contribution in [3.63, 3.8) is 0 Å². The number of carbonyl (C=O) groups is 1. The monoisotopic (exact) mass is 495 g/mol. The van der Waals surface area contributed by atoms with Crippen molar-refractivity contribution < 1.29 is 9.00 Å². The average Bonchev–Trinajstić information content (AvgIpc) is 3.58. The second-order valence-corrected chi connectivity index (χ2v) is 12.6. The zero-order valence-electron chi connectivity index (χ0n) is 20.8. The van der Waals surface area contributed by atoms with Gasteiger partial charge in [0.1, 0.15) is 0 Å². The maximum Gasteiger partial charge on any atom is 0.331 e. The van der Waals surface area contributed by atoms with E-state index in [4.69, 9.17) is 0 Å². The van der Waals surface area contributed by atoms with Gasteiger partial charge in [-0.2, -0.15) is 5.26 Å². The second kappa shape index (κ2) is 9.94. The molecule has 35 heavy (non-hydrogen) atoms. The third kappa shape index (κ3) is 4.99. The fourth-order valence-electron chi connectivity index (χ4n) is 6.80. The predicted molar refractivity (Wildman–Crippen MR) is 139 cm³/mol. The summed E-state index contributed by atoms with van der Waals surface area (Å²) in [6.07, 6.45) is 18.0. The Morgan fingerprint density at radius 1 is 1.11 bits per heavy atom. The van der Waals surface area contributed by atoms with E-state index in [1.807, 2.05) is 6.08 Å². The largest absolute Gasteiger partial charge is 0.331 e. The van der Waals surface area contributed by atoms with E-state index in [2.05, 4.69) is 32.3 Å². The van der Waals surface area contributed by atoms with Crippen molar-refractivity contribution in [2.24, 2.45) is 4.36 Å². The number of fused-ring (bicyclic) bond motifs is 2. The molecule has 2 fully saturated rings. The normalized spacial score (nSPS) is 26.2. The van der Waals surface area contributed by atoms with Crippen LogP contribution < -0.4 is 10.0 Å². The van der Waals surface area contributed by atoms with Crippen LogP contribution >= 0.6 is 0 Å². The summed E-state index contributed by atoms with van der Waals surface area (Å²) in [7, 11) is -3.37. The van der Waals surface area contributed by atoms with Crippen LogP contribution in [0.15, 0.2) is 21.9 Å². The van der Waals surface area contributed by atoms with Gasteiger partial charge in [0.15, 0.2) is 9.92 Å². The third-order valence-corrected chi connectivity index (χ3v) is 9.83. The van der Waals surface area contributed by atoms with Gasteiger partial charge in [-0.05, 0) is 99.9 Å². The minimum absolute atomic E-state index is 0.241. The van der Waals surface area contributed by atoms with Gasteiger partial charge in [-0.1, -0.05) is 35.8 Å². The molecule has 3 aliphatic carbocycles. The minimum atomic E-state index is -3.37. The lowest BCUT2D eigenvalue weighted by Crippen LogP contribution is -2.47. The number of nitrogens with one attached hydrogen (secondary N) is 2. The molecule has 1 aromatic carbocycles. The van der Waals surface area contributed by atoms with E-state index in [9.17, 15) is 14.3 Å². The van der Waals surface area contributed by atoms with Gasteiger partial charge in [0, 0.05) is 22.7 Å². The van der Waals surface area contributed by atoms with E-state index in [0.29, 0.717) is 6.04 Å². The first-order valence-corrected chi connectivity index (χ1v) is 14.9. The number of anilines is 1. The molecule has 2 N–H and O–H groups in total. The molecule has 1 saturated carbocycles. The van der Waals surface area contributed by atoms with Crippen molar-refractivity contribution in [3.8, 4) is 6.19 Å². The molecule has 1 aromatic rings. The highest BCUT2D eigenvalue weighted by Gasteiger charge is 2.39. The van der Waals surface area contributed by atoms with Crippen LogP contribution in [0.5, 0.6) is 0 Å². The van der Waals surface area contributed by atoms with Gasteiger partial charge in [-0.3, -0.25) is 4.90 Å². The average molecular weight is 496 g/mol. The molecule has 0 spiro atoms. The Morgan fingerprint density at radius 2 is 1.80 bits per heavy atom. The lowest BCUT2D eigenvalue weighted by molar-refractivity contribution is 0.108. The van der Waals surface area contributed by atoms with Gasteiger partial charge in [0.2, 0.25) is 6.19 Å². The van der Waals surface area contributed by atoms with Crippen molar-refractivity contribution in [2.45, 2.75) is 102 Å². The van der Waals surface area contributed by atoms with Crippen molar-refractivity contribution >= 4 is 21.6 Å². The molecule has 5 rings (SSSR count). The van der Waals surface area contributed by atoms with Gasteiger partial charge >= 0.3 is 6.03 Å². The Balaban J connectivity index is 1.35. The van der Waals surface area contributed by atoms with Crippen LogP contribution in [0.4, 0.5) is 10.5 Å². The number of urea groups is 1. The Bertz CT molecular complexity index is 1150. The number of carbonyl (C=O) groups excluding carboxylic acids is 1. The Kier molecular flexibility index (Phi) is 6.91. The van der Waals surface area contributed by atoms with Crippen molar-refractivity contribution in [1.29, 1.82) is 5.26 Å². The van der Waals surface area contributed by atoms with Gasteiger partial charge in [0.25, 0.3) is 0 Å². The van der Waals surface area contributed by atoms with Crippen molar-refractivity contribution in [2.75, 3.05) is 11.9 Å². The van der Waals surface area contributed by atoms with E-state index in [1.54, 1.807) is 6.19 Å². The quantitative estimate of drug-likeness (QED) is 0.538. The van der Waals surface area contributed by atoms with Crippen LogP contribution in [-0.2, 0) is 35.6 Å². The number of likely N-dealkylation sites (tertiary alicyclic amines) is 1. The highest BCUT2D eigenvalue weighted by Crippen LogP contribution is 2.39. The van der Waals surface area contributed by atoms with Crippen LogP contribution in [0.2, 0.25) is 0 Å². The van der Waals surface area contributed by atoms with E-state index in [0.717, 1.165) is 63.6 Å². The van der Waals surface area contributed by atoms with Gasteiger partial charge in [-0.25, -0.2) is 13.7 Å². The Hall–Kier alpha value is -2.37. The number of nitrogens with zero attached hydrogens (tertiary/aromatic N) is 3. The predicted octanol–water partition coefficient (Wildman–Crippen LogP) is 5.35. The summed E-state index contributed by atoms with van der Waals surface area (Å²) < 4.78 is 19.8. The Morgan fingerprint density at radius 3 is 2.46 bits per heavy atom. The second-order valence-electron chi connectivity index (χ2n) is 10.8. The molecule has 8 heteroatoms. The summed E-state index contributed by atoms with van der Waals surface area (Å²) in [5.74, 6) is 0. The highest BCUT2D eigenvalue weighted by molar-refractivity contribution is 7.95. The number of rotatable bonds is 5. The van der Waals surface area contributed by atoms with Crippen molar-refractivity contribution in [3.05, 3.63) is 39.8 Å². The molecule has 0 radical (unpaired) electrons. The zero-order chi connectivity index (χ0) is 24.5. The first-order chi connectivity index (χ1) is 16.9. The number of nitriles is 1.